The van der Waals surface area contributed by atoms with Gasteiger partial charge >= 0.3 is 0 Å². The number of aromatic nitrogens is 2. The van der Waals surface area contributed by atoms with Crippen LogP contribution in [0.1, 0.15) is 49.7 Å². The number of hydrogen-bond acceptors (Lipinski definition) is 2. The first kappa shape index (κ1) is 19.2. The molecule has 2 rings (SSSR count). The monoisotopic (exact) mass is 341 g/mol. The molecule has 0 saturated heterocycles. The van der Waals surface area contributed by atoms with Crippen LogP contribution in [0.5, 0.6) is 0 Å². The minimum atomic E-state index is 0.0795. The third-order valence-electron chi connectivity index (χ3n) is 4.52. The van der Waals surface area contributed by atoms with Gasteiger partial charge in [0.1, 0.15) is 0 Å². The molecule has 1 heterocycles. The van der Waals surface area contributed by atoms with E-state index >= 15 is 0 Å². The first-order valence-corrected chi connectivity index (χ1v) is 9.23. The second-order valence-corrected chi connectivity index (χ2v) is 7.39. The zero-order valence-corrected chi connectivity index (χ0v) is 16.2. The largest absolute Gasteiger partial charge is 0.353 e. The Labute approximate surface area is 151 Å². The van der Waals surface area contributed by atoms with Crippen LogP contribution in [0.3, 0.4) is 0 Å². The zero-order valence-electron chi connectivity index (χ0n) is 16.2. The van der Waals surface area contributed by atoms with Gasteiger partial charge < -0.3 is 5.32 Å². The molecule has 0 unspecified atom stereocenters. The summed E-state index contributed by atoms with van der Waals surface area (Å²) in [5, 5.41) is 7.72. The summed E-state index contributed by atoms with van der Waals surface area (Å²) in [6, 6.07) is 10.6. The van der Waals surface area contributed by atoms with E-state index in [1.54, 1.807) is 0 Å². The van der Waals surface area contributed by atoms with Crippen molar-refractivity contribution in [3.63, 3.8) is 0 Å². The summed E-state index contributed by atoms with van der Waals surface area (Å²) in [7, 11) is 0. The zero-order chi connectivity index (χ0) is 18.4. The minimum Gasteiger partial charge on any atom is -0.353 e. The number of aryl methyl sites for hydroxylation is 2. The van der Waals surface area contributed by atoms with Crippen molar-refractivity contribution in [2.75, 3.05) is 0 Å². The molecule has 2 aromatic rings. The van der Waals surface area contributed by atoms with Gasteiger partial charge in [-0.2, -0.15) is 5.10 Å². The molecule has 1 atom stereocenters. The molecular formula is C21H31N3O. The number of nitrogens with zero attached hydrogens (tertiary/aromatic N) is 2. The maximum Gasteiger partial charge on any atom is 0.224 e. The van der Waals surface area contributed by atoms with E-state index in [1.807, 2.05) is 17.7 Å². The fraction of sp³-hybridized carbons (Fsp3) is 0.524. The van der Waals surface area contributed by atoms with Crippen molar-refractivity contribution in [3.8, 4) is 0 Å². The molecular weight excluding hydrogens is 310 g/mol. The van der Waals surface area contributed by atoms with E-state index < -0.39 is 0 Å². The highest BCUT2D eigenvalue weighted by atomic mass is 16.1. The summed E-state index contributed by atoms with van der Waals surface area (Å²) in [5.74, 6) is 0.619. The van der Waals surface area contributed by atoms with Gasteiger partial charge in [-0.15, -0.1) is 0 Å². The van der Waals surface area contributed by atoms with Crippen molar-refractivity contribution in [3.05, 3.63) is 52.8 Å². The molecule has 0 bridgehead atoms. The number of hydrogen-bond donors (Lipinski definition) is 1. The summed E-state index contributed by atoms with van der Waals surface area (Å²) in [4.78, 5) is 12.4. The van der Waals surface area contributed by atoms with Gasteiger partial charge in [-0.25, -0.2) is 0 Å². The third kappa shape index (κ3) is 5.73. The van der Waals surface area contributed by atoms with Crippen LogP contribution >= 0.6 is 0 Å². The highest BCUT2D eigenvalue weighted by Gasteiger charge is 2.16. The van der Waals surface area contributed by atoms with Crippen LogP contribution < -0.4 is 5.32 Å². The van der Waals surface area contributed by atoms with E-state index in [0.29, 0.717) is 12.3 Å². The molecule has 1 amide bonds. The molecule has 0 saturated carbocycles. The van der Waals surface area contributed by atoms with Crippen molar-refractivity contribution in [1.82, 2.24) is 15.1 Å². The Kier molecular flexibility index (Phi) is 6.80. The molecule has 0 spiro atoms. The van der Waals surface area contributed by atoms with Gasteiger partial charge in [0.15, 0.2) is 0 Å². The smallest absolute Gasteiger partial charge is 0.224 e. The fourth-order valence-corrected chi connectivity index (χ4v) is 3.10. The van der Waals surface area contributed by atoms with Gasteiger partial charge in [-0.1, -0.05) is 44.2 Å². The summed E-state index contributed by atoms with van der Waals surface area (Å²) in [6.45, 7) is 11.4. The summed E-state index contributed by atoms with van der Waals surface area (Å²) < 4.78 is 2.03. The quantitative estimate of drug-likeness (QED) is 0.793. The van der Waals surface area contributed by atoms with Crippen LogP contribution in [0.4, 0.5) is 0 Å². The molecule has 4 nitrogen and oxygen atoms in total. The Morgan fingerprint density at radius 3 is 2.48 bits per heavy atom. The third-order valence-corrected chi connectivity index (χ3v) is 4.52. The van der Waals surface area contributed by atoms with Crippen LogP contribution in [0.2, 0.25) is 0 Å². The van der Waals surface area contributed by atoms with Crippen molar-refractivity contribution >= 4 is 5.91 Å². The molecule has 0 fully saturated rings. The normalized spacial score (nSPS) is 12.4. The van der Waals surface area contributed by atoms with E-state index in [2.05, 4.69) is 62.4 Å². The Balaban J connectivity index is 1.88. The molecule has 0 radical (unpaired) electrons. The molecule has 136 valence electrons. The fourth-order valence-electron chi connectivity index (χ4n) is 3.10. The first-order chi connectivity index (χ1) is 11.9. The molecule has 4 heteroatoms. The standard InChI is InChI=1S/C21H31N3O/c1-15(2)14-24-18(5)20(17(4)23-24)13-21(25)22-16(3)11-12-19-9-7-6-8-10-19/h6-10,15-16H,11-14H2,1-5H3,(H,22,25)/t16-/m1/s1. The van der Waals surface area contributed by atoms with Crippen molar-refractivity contribution in [1.29, 1.82) is 0 Å². The van der Waals surface area contributed by atoms with Crippen molar-refractivity contribution < 1.29 is 4.79 Å². The summed E-state index contributed by atoms with van der Waals surface area (Å²) >= 11 is 0. The van der Waals surface area contributed by atoms with E-state index in [4.69, 9.17) is 0 Å². The highest BCUT2D eigenvalue weighted by molar-refractivity contribution is 5.79. The van der Waals surface area contributed by atoms with E-state index in [-0.39, 0.29) is 11.9 Å². The molecule has 1 aromatic heterocycles. The highest BCUT2D eigenvalue weighted by Crippen LogP contribution is 2.15. The topological polar surface area (TPSA) is 46.9 Å². The van der Waals surface area contributed by atoms with Gasteiger partial charge in [-0.3, -0.25) is 9.48 Å². The van der Waals surface area contributed by atoms with E-state index in [0.717, 1.165) is 36.3 Å². The summed E-state index contributed by atoms with van der Waals surface area (Å²) in [5.41, 5.74) is 4.45. The maximum absolute atomic E-state index is 12.4. The number of carbonyl (C=O) groups excluding carboxylic acids is 1. The lowest BCUT2D eigenvalue weighted by Crippen LogP contribution is -2.34. The molecule has 0 aliphatic rings. The lowest BCUT2D eigenvalue weighted by Gasteiger charge is -2.14. The maximum atomic E-state index is 12.4. The van der Waals surface area contributed by atoms with Crippen LogP contribution in [0.25, 0.3) is 0 Å². The van der Waals surface area contributed by atoms with Crippen LogP contribution in [0.15, 0.2) is 30.3 Å². The number of rotatable bonds is 8. The van der Waals surface area contributed by atoms with Crippen molar-refractivity contribution in [2.45, 2.75) is 66.5 Å². The Morgan fingerprint density at radius 2 is 1.84 bits per heavy atom. The van der Waals surface area contributed by atoms with Crippen LogP contribution in [-0.2, 0) is 24.2 Å². The Morgan fingerprint density at radius 1 is 1.16 bits per heavy atom. The van der Waals surface area contributed by atoms with E-state index in [9.17, 15) is 4.79 Å². The summed E-state index contributed by atoms with van der Waals surface area (Å²) in [6.07, 6.45) is 2.33. The molecule has 0 aliphatic carbocycles. The number of nitrogens with one attached hydrogen (secondary N) is 1. The molecule has 1 N–H and O–H groups in total. The Bertz CT molecular complexity index is 689. The lowest BCUT2D eigenvalue weighted by atomic mass is 10.1. The van der Waals surface area contributed by atoms with Gasteiger partial charge in [0, 0.05) is 23.8 Å². The molecule has 1 aromatic carbocycles. The second-order valence-electron chi connectivity index (χ2n) is 7.39. The van der Waals surface area contributed by atoms with Crippen molar-refractivity contribution in [2.24, 2.45) is 5.92 Å². The molecule has 0 aliphatic heterocycles. The van der Waals surface area contributed by atoms with Crippen LogP contribution in [0, 0.1) is 19.8 Å². The number of benzene rings is 1. The Hall–Kier alpha value is -2.10. The first-order valence-electron chi connectivity index (χ1n) is 9.23. The predicted octanol–water partition coefficient (Wildman–Crippen LogP) is 3.84. The number of carbonyl (C=O) groups is 1. The lowest BCUT2D eigenvalue weighted by molar-refractivity contribution is -0.121. The molecule has 25 heavy (non-hydrogen) atoms. The van der Waals surface area contributed by atoms with E-state index in [1.165, 1.54) is 5.56 Å². The minimum absolute atomic E-state index is 0.0795. The van der Waals surface area contributed by atoms with Gasteiger partial charge in [0.25, 0.3) is 0 Å². The number of amides is 1. The average molecular weight is 341 g/mol. The SMILES string of the molecule is Cc1nn(CC(C)C)c(C)c1CC(=O)N[C@H](C)CCc1ccccc1. The van der Waals surface area contributed by atoms with Gasteiger partial charge in [-0.05, 0) is 45.1 Å². The second kappa shape index (κ2) is 8.84. The average Bonchev–Trinajstić information content (AvgIpc) is 2.81. The van der Waals surface area contributed by atoms with Gasteiger partial charge in [0.2, 0.25) is 5.91 Å². The predicted molar refractivity (Wildman–Crippen MR) is 103 cm³/mol. The van der Waals surface area contributed by atoms with Gasteiger partial charge in [0.05, 0.1) is 12.1 Å². The van der Waals surface area contributed by atoms with Crippen LogP contribution in [-0.4, -0.2) is 21.7 Å².